The van der Waals surface area contributed by atoms with Crippen LogP contribution in [0, 0.1) is 0 Å². The van der Waals surface area contributed by atoms with E-state index in [1.165, 1.54) is 25.7 Å². The first-order valence-corrected chi connectivity index (χ1v) is 4.41. The minimum absolute atomic E-state index is 0.360. The Morgan fingerprint density at radius 2 is 2.50 bits per heavy atom. The van der Waals surface area contributed by atoms with Gasteiger partial charge in [-0.05, 0) is 26.2 Å². The first-order chi connectivity index (χ1) is 5.79. The van der Waals surface area contributed by atoms with Crippen molar-refractivity contribution in [2.45, 2.75) is 38.3 Å². The van der Waals surface area contributed by atoms with Crippen molar-refractivity contribution >= 4 is 0 Å². The van der Waals surface area contributed by atoms with Crippen molar-refractivity contribution in [3.05, 3.63) is 18.4 Å². The van der Waals surface area contributed by atoms with Crippen molar-refractivity contribution in [3.63, 3.8) is 0 Å². The lowest BCUT2D eigenvalue weighted by atomic mass is 9.78. The molecule has 0 spiro atoms. The smallest absolute Gasteiger partial charge is 0.180 e. The van der Waals surface area contributed by atoms with Crippen molar-refractivity contribution in [2.24, 2.45) is 0 Å². The number of oxazole rings is 1. The van der Waals surface area contributed by atoms with Crippen molar-refractivity contribution < 1.29 is 4.42 Å². The molecule has 0 bridgehead atoms. The highest BCUT2D eigenvalue weighted by molar-refractivity contribution is 4.96. The minimum Gasteiger partial charge on any atom is -0.451 e. The Kier molecular flexibility index (Phi) is 1.89. The maximum atomic E-state index is 4.88. The SMILES string of the molecule is CC1(NCc2cocn2)CCC1. The Morgan fingerprint density at radius 3 is 3.00 bits per heavy atom. The molecule has 2 rings (SSSR count). The van der Waals surface area contributed by atoms with E-state index < -0.39 is 0 Å². The third kappa shape index (κ3) is 1.50. The van der Waals surface area contributed by atoms with Gasteiger partial charge in [0.1, 0.15) is 6.26 Å². The molecule has 3 nitrogen and oxygen atoms in total. The fourth-order valence-corrected chi connectivity index (χ4v) is 1.51. The number of hydrogen-bond donors (Lipinski definition) is 1. The molecule has 0 aliphatic heterocycles. The van der Waals surface area contributed by atoms with Crippen LogP contribution in [-0.4, -0.2) is 10.5 Å². The van der Waals surface area contributed by atoms with Gasteiger partial charge in [0.05, 0.1) is 5.69 Å². The molecule has 0 saturated heterocycles. The summed E-state index contributed by atoms with van der Waals surface area (Å²) in [7, 11) is 0. The van der Waals surface area contributed by atoms with Gasteiger partial charge in [-0.25, -0.2) is 4.98 Å². The van der Waals surface area contributed by atoms with Crippen LogP contribution in [0.1, 0.15) is 31.9 Å². The van der Waals surface area contributed by atoms with Crippen LogP contribution in [0.15, 0.2) is 17.1 Å². The van der Waals surface area contributed by atoms with Crippen LogP contribution in [0.25, 0.3) is 0 Å². The lowest BCUT2D eigenvalue weighted by Crippen LogP contribution is -2.47. The summed E-state index contributed by atoms with van der Waals surface area (Å²) < 4.78 is 4.88. The van der Waals surface area contributed by atoms with Crippen molar-refractivity contribution in [1.82, 2.24) is 10.3 Å². The largest absolute Gasteiger partial charge is 0.451 e. The third-order valence-corrected chi connectivity index (χ3v) is 2.64. The van der Waals surface area contributed by atoms with Crippen LogP contribution in [0.5, 0.6) is 0 Å². The van der Waals surface area contributed by atoms with E-state index in [0.717, 1.165) is 12.2 Å². The molecule has 1 aromatic heterocycles. The fourth-order valence-electron chi connectivity index (χ4n) is 1.51. The molecular formula is C9H14N2O. The fraction of sp³-hybridized carbons (Fsp3) is 0.667. The van der Waals surface area contributed by atoms with Crippen LogP contribution in [-0.2, 0) is 6.54 Å². The Balaban J connectivity index is 1.82. The molecule has 12 heavy (non-hydrogen) atoms. The summed E-state index contributed by atoms with van der Waals surface area (Å²) in [5.41, 5.74) is 1.35. The van der Waals surface area contributed by atoms with Crippen LogP contribution in [0.3, 0.4) is 0 Å². The van der Waals surface area contributed by atoms with E-state index in [4.69, 9.17) is 4.42 Å². The minimum atomic E-state index is 0.360. The highest BCUT2D eigenvalue weighted by atomic mass is 16.3. The number of hydrogen-bond acceptors (Lipinski definition) is 3. The molecule has 1 N–H and O–H groups in total. The quantitative estimate of drug-likeness (QED) is 0.742. The predicted octanol–water partition coefficient (Wildman–Crippen LogP) is 1.71. The third-order valence-electron chi connectivity index (χ3n) is 2.64. The summed E-state index contributed by atoms with van der Waals surface area (Å²) in [6.07, 6.45) is 7.08. The van der Waals surface area contributed by atoms with Gasteiger partial charge in [0.25, 0.3) is 0 Å². The molecule has 0 aromatic carbocycles. The van der Waals surface area contributed by atoms with Gasteiger partial charge < -0.3 is 9.73 Å². The Bertz CT molecular complexity index is 239. The average molecular weight is 166 g/mol. The van der Waals surface area contributed by atoms with Crippen molar-refractivity contribution in [2.75, 3.05) is 0 Å². The highest BCUT2D eigenvalue weighted by Gasteiger charge is 2.30. The van der Waals surface area contributed by atoms with Gasteiger partial charge in [0.15, 0.2) is 6.39 Å². The summed E-state index contributed by atoms with van der Waals surface area (Å²) in [6.45, 7) is 3.09. The van der Waals surface area contributed by atoms with Crippen LogP contribution in [0.4, 0.5) is 0 Å². The van der Waals surface area contributed by atoms with Gasteiger partial charge in [0, 0.05) is 12.1 Å². The Labute approximate surface area is 72.2 Å². The summed E-state index contributed by atoms with van der Waals surface area (Å²) >= 11 is 0. The number of nitrogens with one attached hydrogen (secondary N) is 1. The normalized spacial score (nSPS) is 20.4. The summed E-state index contributed by atoms with van der Waals surface area (Å²) in [4.78, 5) is 4.05. The van der Waals surface area contributed by atoms with E-state index >= 15 is 0 Å². The average Bonchev–Trinajstić information content (AvgIpc) is 2.49. The number of nitrogens with zero attached hydrogens (tertiary/aromatic N) is 1. The van der Waals surface area contributed by atoms with E-state index in [1.807, 2.05) is 0 Å². The van der Waals surface area contributed by atoms with Crippen LogP contribution < -0.4 is 5.32 Å². The zero-order chi connectivity index (χ0) is 8.44. The van der Waals surface area contributed by atoms with Gasteiger partial charge in [-0.15, -0.1) is 0 Å². The van der Waals surface area contributed by atoms with E-state index in [2.05, 4.69) is 17.2 Å². The van der Waals surface area contributed by atoms with Crippen molar-refractivity contribution in [1.29, 1.82) is 0 Å². The van der Waals surface area contributed by atoms with Crippen molar-refractivity contribution in [3.8, 4) is 0 Å². The summed E-state index contributed by atoms with van der Waals surface area (Å²) in [5, 5.41) is 3.48. The molecule has 1 aliphatic carbocycles. The molecule has 0 atom stereocenters. The maximum Gasteiger partial charge on any atom is 0.180 e. The molecule has 0 unspecified atom stereocenters. The second-order valence-electron chi connectivity index (χ2n) is 3.75. The molecule has 1 aliphatic rings. The zero-order valence-corrected chi connectivity index (χ0v) is 7.34. The predicted molar refractivity (Wildman–Crippen MR) is 45.6 cm³/mol. The highest BCUT2D eigenvalue weighted by Crippen LogP contribution is 2.30. The van der Waals surface area contributed by atoms with Gasteiger partial charge in [-0.2, -0.15) is 0 Å². The molecule has 1 fully saturated rings. The zero-order valence-electron chi connectivity index (χ0n) is 7.34. The van der Waals surface area contributed by atoms with Gasteiger partial charge >= 0.3 is 0 Å². The molecule has 1 saturated carbocycles. The van der Waals surface area contributed by atoms with E-state index in [0.29, 0.717) is 5.54 Å². The number of aromatic nitrogens is 1. The molecule has 1 aromatic rings. The lowest BCUT2D eigenvalue weighted by molar-refractivity contribution is 0.206. The van der Waals surface area contributed by atoms with Gasteiger partial charge in [-0.1, -0.05) is 0 Å². The molecular weight excluding hydrogens is 152 g/mol. The monoisotopic (exact) mass is 166 g/mol. The van der Waals surface area contributed by atoms with E-state index in [-0.39, 0.29) is 0 Å². The summed E-state index contributed by atoms with van der Waals surface area (Å²) in [5.74, 6) is 0. The van der Waals surface area contributed by atoms with Gasteiger partial charge in [0.2, 0.25) is 0 Å². The van der Waals surface area contributed by atoms with Crippen LogP contribution >= 0.6 is 0 Å². The van der Waals surface area contributed by atoms with Crippen LogP contribution in [0.2, 0.25) is 0 Å². The first kappa shape index (κ1) is 7.80. The number of rotatable bonds is 3. The molecule has 3 heteroatoms. The standard InChI is InChI=1S/C9H14N2O/c1-9(3-2-4-9)11-5-8-6-12-7-10-8/h6-7,11H,2-5H2,1H3. The van der Waals surface area contributed by atoms with E-state index in [1.54, 1.807) is 6.26 Å². The maximum absolute atomic E-state index is 4.88. The summed E-state index contributed by atoms with van der Waals surface area (Å²) in [6, 6.07) is 0. The Morgan fingerprint density at radius 1 is 1.67 bits per heavy atom. The second kappa shape index (κ2) is 2.90. The molecule has 0 amide bonds. The van der Waals surface area contributed by atoms with Gasteiger partial charge in [-0.3, -0.25) is 0 Å². The molecule has 66 valence electrons. The lowest BCUT2D eigenvalue weighted by Gasteiger charge is -2.39. The topological polar surface area (TPSA) is 38.1 Å². The molecule has 1 heterocycles. The first-order valence-electron chi connectivity index (χ1n) is 4.41. The van der Waals surface area contributed by atoms with E-state index in [9.17, 15) is 0 Å². The molecule has 0 radical (unpaired) electrons. The second-order valence-corrected chi connectivity index (χ2v) is 3.75. The Hall–Kier alpha value is -0.830.